The van der Waals surface area contributed by atoms with Crippen LogP contribution in [0.4, 0.5) is 11.4 Å². The van der Waals surface area contributed by atoms with Crippen molar-refractivity contribution in [3.05, 3.63) is 56.3 Å². The van der Waals surface area contributed by atoms with Gasteiger partial charge in [0.15, 0.2) is 0 Å². The van der Waals surface area contributed by atoms with Crippen molar-refractivity contribution in [1.29, 1.82) is 0 Å². The number of hydrogen-bond acceptors (Lipinski definition) is 5. The fraction of sp³-hybridized carbons (Fsp3) is 0.389. The number of rotatable bonds is 5. The molecule has 1 aromatic heterocycles. The van der Waals surface area contributed by atoms with Crippen LogP contribution in [-0.4, -0.2) is 35.9 Å². The Hall–Kier alpha value is -2.41. The van der Waals surface area contributed by atoms with Crippen LogP contribution in [0.2, 0.25) is 0 Å². The molecule has 0 unspecified atom stereocenters. The zero-order chi connectivity index (χ0) is 17.8. The number of anilines is 1. The van der Waals surface area contributed by atoms with Crippen molar-refractivity contribution in [2.45, 2.75) is 25.8 Å². The van der Waals surface area contributed by atoms with Crippen LogP contribution in [0.25, 0.3) is 0 Å². The molecule has 1 aliphatic rings. The summed E-state index contributed by atoms with van der Waals surface area (Å²) in [5.41, 5.74) is 0.978. The highest BCUT2D eigenvalue weighted by Gasteiger charge is 2.24. The van der Waals surface area contributed by atoms with Gasteiger partial charge in [-0.05, 0) is 42.8 Å². The molecule has 2 heterocycles. The Kier molecular flexibility index (Phi) is 5.33. The molecule has 7 heteroatoms. The molecule has 1 amide bonds. The first-order chi connectivity index (χ1) is 12.1. The van der Waals surface area contributed by atoms with E-state index >= 15 is 0 Å². The molecule has 0 saturated carbocycles. The Labute approximate surface area is 150 Å². The van der Waals surface area contributed by atoms with Crippen LogP contribution in [0.3, 0.4) is 0 Å². The molecule has 3 rings (SSSR count). The van der Waals surface area contributed by atoms with Gasteiger partial charge in [-0.2, -0.15) is 0 Å². The molecule has 132 valence electrons. The summed E-state index contributed by atoms with van der Waals surface area (Å²) >= 11 is 1.58. The number of carbonyl (C=O) groups excluding carboxylic acids is 1. The third kappa shape index (κ3) is 3.99. The van der Waals surface area contributed by atoms with Crippen LogP contribution >= 0.6 is 11.3 Å². The van der Waals surface area contributed by atoms with Crippen LogP contribution in [0, 0.1) is 10.1 Å². The van der Waals surface area contributed by atoms with Crippen molar-refractivity contribution >= 4 is 28.6 Å². The standard InChI is InChI=1S/C18H21N3O3S/c1-19(13-15-6-5-11-25-15)18(22)14-7-8-16(17(12-14)21(23)24)20-9-3-2-4-10-20/h5-8,11-12H,2-4,9-10,13H2,1H3. The summed E-state index contributed by atoms with van der Waals surface area (Å²) in [5.74, 6) is -0.207. The van der Waals surface area contributed by atoms with Crippen molar-refractivity contribution < 1.29 is 9.72 Å². The van der Waals surface area contributed by atoms with E-state index in [-0.39, 0.29) is 16.5 Å². The minimum absolute atomic E-state index is 0.0114. The summed E-state index contributed by atoms with van der Waals surface area (Å²) in [6.07, 6.45) is 3.25. The molecule has 6 nitrogen and oxygen atoms in total. The lowest BCUT2D eigenvalue weighted by atomic mass is 10.1. The highest BCUT2D eigenvalue weighted by molar-refractivity contribution is 7.09. The fourth-order valence-electron chi connectivity index (χ4n) is 3.13. The molecule has 1 aliphatic heterocycles. The number of nitro groups is 1. The maximum absolute atomic E-state index is 12.6. The van der Waals surface area contributed by atoms with Gasteiger partial charge in [-0.15, -0.1) is 11.3 Å². The number of benzene rings is 1. The number of thiophene rings is 1. The van der Waals surface area contributed by atoms with Gasteiger partial charge in [-0.1, -0.05) is 6.07 Å². The molecule has 0 N–H and O–H groups in total. The van der Waals surface area contributed by atoms with E-state index in [1.54, 1.807) is 35.4 Å². The molecule has 0 atom stereocenters. The second kappa shape index (κ2) is 7.65. The van der Waals surface area contributed by atoms with Crippen LogP contribution in [0.1, 0.15) is 34.5 Å². The first-order valence-electron chi connectivity index (χ1n) is 8.37. The topological polar surface area (TPSA) is 66.7 Å². The number of nitro benzene ring substituents is 1. The number of hydrogen-bond donors (Lipinski definition) is 0. The summed E-state index contributed by atoms with van der Waals surface area (Å²) in [5, 5.41) is 13.5. The van der Waals surface area contributed by atoms with E-state index in [9.17, 15) is 14.9 Å². The van der Waals surface area contributed by atoms with Crippen LogP contribution in [-0.2, 0) is 6.54 Å². The summed E-state index contributed by atoms with van der Waals surface area (Å²) in [6.45, 7) is 2.15. The average Bonchev–Trinajstić information content (AvgIpc) is 3.14. The average molecular weight is 359 g/mol. The summed E-state index contributed by atoms with van der Waals surface area (Å²) in [4.78, 5) is 28.5. The van der Waals surface area contributed by atoms with Crippen molar-refractivity contribution in [3.63, 3.8) is 0 Å². The SMILES string of the molecule is CN(Cc1cccs1)C(=O)c1ccc(N2CCCCC2)c([N+](=O)[O-])c1. The van der Waals surface area contributed by atoms with E-state index in [2.05, 4.69) is 0 Å². The summed E-state index contributed by atoms with van der Waals surface area (Å²) < 4.78 is 0. The van der Waals surface area contributed by atoms with Crippen molar-refractivity contribution in [3.8, 4) is 0 Å². The van der Waals surface area contributed by atoms with E-state index < -0.39 is 0 Å². The summed E-state index contributed by atoms with van der Waals surface area (Å²) in [6, 6.07) is 8.74. The van der Waals surface area contributed by atoms with Gasteiger partial charge in [-0.25, -0.2) is 0 Å². The Bertz CT molecular complexity index is 755. The van der Waals surface area contributed by atoms with Gasteiger partial charge in [0.1, 0.15) is 5.69 Å². The second-order valence-electron chi connectivity index (χ2n) is 6.25. The van der Waals surface area contributed by atoms with Crippen LogP contribution in [0.15, 0.2) is 35.7 Å². The Balaban J connectivity index is 1.83. The largest absolute Gasteiger partial charge is 0.366 e. The highest BCUT2D eigenvalue weighted by atomic mass is 32.1. The molecule has 1 aromatic carbocycles. The van der Waals surface area contributed by atoms with Crippen molar-refractivity contribution in [2.24, 2.45) is 0 Å². The third-order valence-corrected chi connectivity index (χ3v) is 5.30. The molecule has 25 heavy (non-hydrogen) atoms. The van der Waals surface area contributed by atoms with Gasteiger partial charge in [0.2, 0.25) is 0 Å². The monoisotopic (exact) mass is 359 g/mol. The van der Waals surface area contributed by atoms with Gasteiger partial charge in [0.05, 0.1) is 11.5 Å². The maximum atomic E-state index is 12.6. The lowest BCUT2D eigenvalue weighted by molar-refractivity contribution is -0.384. The van der Waals surface area contributed by atoms with Crippen molar-refractivity contribution in [1.82, 2.24) is 4.90 Å². The van der Waals surface area contributed by atoms with E-state index in [0.717, 1.165) is 37.2 Å². The van der Waals surface area contributed by atoms with Gasteiger partial charge in [0, 0.05) is 36.6 Å². The van der Waals surface area contributed by atoms with Gasteiger partial charge < -0.3 is 9.80 Å². The Morgan fingerprint density at radius 3 is 2.68 bits per heavy atom. The number of amides is 1. The first kappa shape index (κ1) is 17.4. The summed E-state index contributed by atoms with van der Waals surface area (Å²) in [7, 11) is 1.71. The predicted octanol–water partition coefficient (Wildman–Crippen LogP) is 3.92. The lowest BCUT2D eigenvalue weighted by Crippen LogP contribution is -2.30. The quantitative estimate of drug-likeness (QED) is 0.599. The fourth-order valence-corrected chi connectivity index (χ4v) is 3.89. The normalized spacial score (nSPS) is 14.4. The first-order valence-corrected chi connectivity index (χ1v) is 9.25. The van der Waals surface area contributed by atoms with Gasteiger partial charge in [0.25, 0.3) is 11.6 Å². The van der Waals surface area contributed by atoms with E-state index in [0.29, 0.717) is 17.8 Å². The molecule has 0 radical (unpaired) electrons. The van der Waals surface area contributed by atoms with Gasteiger partial charge in [-0.3, -0.25) is 14.9 Å². The smallest absolute Gasteiger partial charge is 0.293 e. The Morgan fingerprint density at radius 1 is 1.28 bits per heavy atom. The highest BCUT2D eigenvalue weighted by Crippen LogP contribution is 2.31. The van der Waals surface area contributed by atoms with E-state index in [1.807, 2.05) is 22.4 Å². The van der Waals surface area contributed by atoms with Crippen LogP contribution in [0.5, 0.6) is 0 Å². The Morgan fingerprint density at radius 2 is 2.04 bits per heavy atom. The molecule has 0 aliphatic carbocycles. The molecular formula is C18H21N3O3S. The van der Waals surface area contributed by atoms with Crippen LogP contribution < -0.4 is 4.90 Å². The lowest BCUT2D eigenvalue weighted by Gasteiger charge is -2.28. The molecule has 0 bridgehead atoms. The molecule has 2 aromatic rings. The van der Waals surface area contributed by atoms with Crippen molar-refractivity contribution in [2.75, 3.05) is 25.0 Å². The predicted molar refractivity (Wildman–Crippen MR) is 99.3 cm³/mol. The molecule has 1 fully saturated rings. The molecule has 0 spiro atoms. The molecule has 1 saturated heterocycles. The zero-order valence-electron chi connectivity index (χ0n) is 14.2. The number of piperidine rings is 1. The second-order valence-corrected chi connectivity index (χ2v) is 7.28. The maximum Gasteiger partial charge on any atom is 0.293 e. The van der Waals surface area contributed by atoms with Gasteiger partial charge >= 0.3 is 0 Å². The number of nitrogens with zero attached hydrogens (tertiary/aromatic N) is 3. The van der Waals surface area contributed by atoms with E-state index in [4.69, 9.17) is 0 Å². The number of carbonyl (C=O) groups is 1. The third-order valence-electron chi connectivity index (χ3n) is 4.44. The molecular weight excluding hydrogens is 338 g/mol. The minimum Gasteiger partial charge on any atom is -0.366 e. The van der Waals surface area contributed by atoms with E-state index in [1.165, 1.54) is 6.07 Å². The minimum atomic E-state index is -0.389. The zero-order valence-corrected chi connectivity index (χ0v) is 15.0.